The average molecular weight is 637 g/mol. The first kappa shape index (κ1) is 40.7. The largest absolute Gasteiger partial charge is 1.00 e. The third-order valence-electron chi connectivity index (χ3n) is 4.86. The van der Waals surface area contributed by atoms with E-state index < -0.39 is 60.1 Å². The Morgan fingerprint density at radius 3 is 0.730 bits per heavy atom. The molecule has 186 valence electrons. The maximum atomic E-state index is 11.9. The SMILES string of the molecule is O.O=S(=O)(O)c1cc(S(=O)(=O)O)c2ccc3c(S(=O)(=O)O)cc(S(=O)(=O)O)c4ccc1c2c43.[H-].[H-].[H-].[H-].[Na+].[Na+].[Na+].[Na+]. The summed E-state index contributed by atoms with van der Waals surface area (Å²) in [5.74, 6) is 0. The van der Waals surface area contributed by atoms with Crippen LogP contribution in [-0.4, -0.2) is 57.4 Å². The van der Waals surface area contributed by atoms with Crippen LogP contribution in [0.2, 0.25) is 0 Å². The molecule has 0 spiro atoms. The van der Waals surface area contributed by atoms with E-state index in [-0.39, 0.29) is 162 Å². The van der Waals surface area contributed by atoms with Gasteiger partial charge in [0.05, 0.1) is 0 Å². The minimum absolute atomic E-state index is 0. The maximum Gasteiger partial charge on any atom is 1.00 e. The third-order valence-corrected chi connectivity index (χ3v) is 8.43. The van der Waals surface area contributed by atoms with Crippen molar-refractivity contribution in [3.8, 4) is 0 Å². The first-order chi connectivity index (χ1) is 14.4. The quantitative estimate of drug-likeness (QED) is 0.0926. The van der Waals surface area contributed by atoms with Crippen molar-refractivity contribution in [3.63, 3.8) is 0 Å². The molecule has 37 heavy (non-hydrogen) atoms. The molecule has 0 unspecified atom stereocenters. The second kappa shape index (κ2) is 13.2. The Hall–Kier alpha value is 1.52. The van der Waals surface area contributed by atoms with Gasteiger partial charge < -0.3 is 11.2 Å². The molecule has 0 fully saturated rings. The van der Waals surface area contributed by atoms with Gasteiger partial charge in [-0.3, -0.25) is 18.2 Å². The molecule has 21 heteroatoms. The summed E-state index contributed by atoms with van der Waals surface area (Å²) < 4.78 is 134. The Balaban J connectivity index is -0.000000340. The Bertz CT molecular complexity index is 1670. The summed E-state index contributed by atoms with van der Waals surface area (Å²) in [5.41, 5.74) is 0. The van der Waals surface area contributed by atoms with Gasteiger partial charge in [-0.2, -0.15) is 33.7 Å². The molecule has 4 aromatic rings. The van der Waals surface area contributed by atoms with Crippen LogP contribution in [0.25, 0.3) is 32.3 Å². The predicted octanol–water partition coefficient (Wildman–Crippen LogP) is -10.8. The number of benzene rings is 4. The topological polar surface area (TPSA) is 249 Å². The van der Waals surface area contributed by atoms with E-state index in [0.29, 0.717) is 12.1 Å². The van der Waals surface area contributed by atoms with E-state index in [9.17, 15) is 51.9 Å². The first-order valence-electron chi connectivity index (χ1n) is 8.11. The molecule has 0 heterocycles. The van der Waals surface area contributed by atoms with E-state index in [1.54, 1.807) is 0 Å². The van der Waals surface area contributed by atoms with Gasteiger partial charge in [0.2, 0.25) is 0 Å². The summed E-state index contributed by atoms with van der Waals surface area (Å²) in [4.78, 5) is -3.90. The van der Waals surface area contributed by atoms with Gasteiger partial charge in [-0.1, -0.05) is 24.3 Å². The van der Waals surface area contributed by atoms with Gasteiger partial charge in [0, 0.05) is 32.3 Å². The van der Waals surface area contributed by atoms with Gasteiger partial charge in [0.15, 0.2) is 0 Å². The molecule has 13 nitrogen and oxygen atoms in total. The van der Waals surface area contributed by atoms with E-state index in [4.69, 9.17) is 0 Å². The van der Waals surface area contributed by atoms with Gasteiger partial charge in [0.1, 0.15) is 19.6 Å². The second-order valence-corrected chi connectivity index (χ2v) is 12.3. The molecule has 0 aliphatic heterocycles. The second-order valence-electron chi connectivity index (χ2n) is 6.72. The van der Waals surface area contributed by atoms with Crippen molar-refractivity contribution in [1.82, 2.24) is 0 Å². The molecule has 0 aromatic heterocycles. The fourth-order valence-corrected chi connectivity index (χ4v) is 6.73. The van der Waals surface area contributed by atoms with Crippen molar-refractivity contribution < 1.29 is 181 Å². The van der Waals surface area contributed by atoms with Crippen molar-refractivity contribution in [1.29, 1.82) is 0 Å². The van der Waals surface area contributed by atoms with Gasteiger partial charge in [-0.05, 0) is 12.1 Å². The molecule has 0 amide bonds. The van der Waals surface area contributed by atoms with Crippen LogP contribution < -0.4 is 118 Å². The molecule has 4 aromatic carbocycles. The van der Waals surface area contributed by atoms with Gasteiger partial charge in [-0.25, -0.2) is 0 Å². The molecular weight excluding hydrogens is 620 g/mol. The first-order valence-corrected chi connectivity index (χ1v) is 13.9. The van der Waals surface area contributed by atoms with Crippen molar-refractivity contribution in [3.05, 3.63) is 36.4 Å². The predicted molar refractivity (Wildman–Crippen MR) is 117 cm³/mol. The van der Waals surface area contributed by atoms with Crippen molar-refractivity contribution >= 4 is 72.8 Å². The van der Waals surface area contributed by atoms with Gasteiger partial charge >= 0.3 is 118 Å². The molecule has 0 aliphatic rings. The van der Waals surface area contributed by atoms with E-state index >= 15 is 0 Å². The molecule has 0 saturated carbocycles. The maximum absolute atomic E-state index is 11.9. The Morgan fingerprint density at radius 2 is 0.595 bits per heavy atom. The van der Waals surface area contributed by atoms with E-state index in [0.717, 1.165) is 24.3 Å². The zero-order valence-corrected chi connectivity index (χ0v) is 30.9. The molecule has 0 saturated heterocycles. The van der Waals surface area contributed by atoms with Crippen LogP contribution in [0, 0.1) is 0 Å². The Labute approximate surface area is 305 Å². The molecule has 6 N–H and O–H groups in total. The number of hydrogen-bond acceptors (Lipinski definition) is 8. The average Bonchev–Trinajstić information content (AvgIpc) is 2.61. The van der Waals surface area contributed by atoms with Crippen molar-refractivity contribution in [2.24, 2.45) is 0 Å². The van der Waals surface area contributed by atoms with Crippen LogP contribution in [0.15, 0.2) is 56.0 Å². The Morgan fingerprint density at radius 1 is 0.432 bits per heavy atom. The van der Waals surface area contributed by atoms with E-state index in [2.05, 4.69) is 0 Å². The number of hydrogen-bond donors (Lipinski definition) is 4. The van der Waals surface area contributed by atoms with Crippen LogP contribution in [0.3, 0.4) is 0 Å². The minimum Gasteiger partial charge on any atom is -1.00 e. The zero-order chi connectivity index (χ0) is 24.0. The summed E-state index contributed by atoms with van der Waals surface area (Å²) in [6, 6.07) is 4.98. The molecule has 0 atom stereocenters. The third kappa shape index (κ3) is 7.49. The van der Waals surface area contributed by atoms with Crippen LogP contribution in [-0.2, 0) is 40.5 Å². The summed E-state index contributed by atoms with van der Waals surface area (Å²) >= 11 is 0. The van der Waals surface area contributed by atoms with Crippen LogP contribution in [0.1, 0.15) is 5.71 Å². The van der Waals surface area contributed by atoms with Crippen LogP contribution >= 0.6 is 0 Å². The Kier molecular flexibility index (Phi) is 14.5. The van der Waals surface area contributed by atoms with E-state index in [1.807, 2.05) is 0 Å². The fourth-order valence-electron chi connectivity index (χ4n) is 3.72. The van der Waals surface area contributed by atoms with Crippen molar-refractivity contribution in [2.75, 3.05) is 0 Å². The molecule has 0 aliphatic carbocycles. The molecule has 0 radical (unpaired) electrons. The van der Waals surface area contributed by atoms with Crippen LogP contribution in [0.5, 0.6) is 0 Å². The normalized spacial score (nSPS) is 12.1. The minimum atomic E-state index is -5.10. The summed E-state index contributed by atoms with van der Waals surface area (Å²) in [6.07, 6.45) is 0. The smallest absolute Gasteiger partial charge is 1.00 e. The van der Waals surface area contributed by atoms with Crippen LogP contribution in [0.4, 0.5) is 0 Å². The standard InChI is InChI=1S/C16H10O12S4.4Na.H2O.4H/c17-29(18,19)11-5-13(31(23,24)25)9-3-4-10-14(32(26,27)28)6-12(30(20,21)22)8-2-1-7(11)15(9)16(8)10;;;;;;;;;/h1-6H,(H,17,18,19)(H,20,21,22)(H,23,24,25)(H,26,27,28);;;;;1H2;;;;/q;4*+1;;4*-1. The monoisotopic (exact) mass is 636 g/mol. The summed E-state index contributed by atoms with van der Waals surface area (Å²) in [5, 5.41) is -2.11. The molecule has 0 bridgehead atoms. The van der Waals surface area contributed by atoms with Gasteiger partial charge in [-0.15, -0.1) is 0 Å². The zero-order valence-electron chi connectivity index (χ0n) is 23.7. The van der Waals surface area contributed by atoms with Crippen molar-refractivity contribution in [2.45, 2.75) is 19.6 Å². The number of rotatable bonds is 4. The summed E-state index contributed by atoms with van der Waals surface area (Å²) in [7, 11) is -20.4. The summed E-state index contributed by atoms with van der Waals surface area (Å²) in [6.45, 7) is 0. The fraction of sp³-hybridized carbons (Fsp3) is 0. The molecular formula is C16H16Na4O13S4. The van der Waals surface area contributed by atoms with Gasteiger partial charge in [0.25, 0.3) is 40.5 Å². The van der Waals surface area contributed by atoms with E-state index in [1.165, 1.54) is 0 Å². The molecule has 4 rings (SSSR count).